The fraction of sp³-hybridized carbons (Fsp3) is 0.389. The first-order chi connectivity index (χ1) is 11.0. The Balaban J connectivity index is 1.51. The van der Waals surface area contributed by atoms with E-state index < -0.39 is 0 Å². The van der Waals surface area contributed by atoms with E-state index in [1.165, 1.54) is 29.8 Å². The highest BCUT2D eigenvalue weighted by Gasteiger charge is 2.26. The Morgan fingerprint density at radius 3 is 2.78 bits per heavy atom. The van der Waals surface area contributed by atoms with Crippen LogP contribution in [0.1, 0.15) is 35.8 Å². The van der Waals surface area contributed by atoms with E-state index in [0.717, 1.165) is 6.42 Å². The van der Waals surface area contributed by atoms with Gasteiger partial charge in [-0.25, -0.2) is 4.79 Å². The lowest BCUT2D eigenvalue weighted by atomic mass is 10.2. The first-order valence-electron chi connectivity index (χ1n) is 8.02. The van der Waals surface area contributed by atoms with E-state index >= 15 is 0 Å². The van der Waals surface area contributed by atoms with Gasteiger partial charge in [-0.2, -0.15) is 0 Å². The number of anilines is 1. The quantitative estimate of drug-likeness (QED) is 0.835. The van der Waals surface area contributed by atoms with Gasteiger partial charge >= 0.3 is 6.03 Å². The first-order valence-corrected chi connectivity index (χ1v) is 8.40. The molecule has 2 aromatic rings. The predicted octanol–water partition coefficient (Wildman–Crippen LogP) is 4.46. The molecule has 2 amide bonds. The lowest BCUT2D eigenvalue weighted by Crippen LogP contribution is -2.30. The molecule has 1 aliphatic carbocycles. The van der Waals surface area contributed by atoms with E-state index in [2.05, 4.69) is 35.1 Å². The highest BCUT2D eigenvalue weighted by molar-refractivity contribution is 6.30. The minimum Gasteiger partial charge on any atom is -0.346 e. The number of aromatic nitrogens is 1. The van der Waals surface area contributed by atoms with Gasteiger partial charge in [-0.15, -0.1) is 0 Å². The van der Waals surface area contributed by atoms with Crippen LogP contribution in [0.15, 0.2) is 30.3 Å². The lowest BCUT2D eigenvalue weighted by molar-refractivity contribution is 0.252. The molecule has 1 aromatic carbocycles. The van der Waals surface area contributed by atoms with Gasteiger partial charge < -0.3 is 15.2 Å². The summed E-state index contributed by atoms with van der Waals surface area (Å²) in [5, 5.41) is 6.29. The number of amides is 2. The second-order valence-corrected chi connectivity index (χ2v) is 6.58. The fourth-order valence-electron chi connectivity index (χ4n) is 3.05. The molecular weight excluding hydrogens is 310 g/mol. The molecule has 1 aliphatic rings. The molecular formula is C18H22ClN3O. The zero-order valence-electron chi connectivity index (χ0n) is 13.5. The molecule has 0 saturated heterocycles. The lowest BCUT2D eigenvalue weighted by Gasteiger charge is -2.09. The zero-order valence-corrected chi connectivity index (χ0v) is 14.3. The molecule has 0 atom stereocenters. The van der Waals surface area contributed by atoms with Crippen LogP contribution in [0, 0.1) is 13.8 Å². The minimum absolute atomic E-state index is 0.205. The summed E-state index contributed by atoms with van der Waals surface area (Å²) in [5.41, 5.74) is 4.67. The Bertz CT molecular complexity index is 719. The molecule has 0 unspecified atom stereocenters. The van der Waals surface area contributed by atoms with Crippen molar-refractivity contribution in [3.05, 3.63) is 52.3 Å². The van der Waals surface area contributed by atoms with E-state index in [0.29, 0.717) is 23.3 Å². The average molecular weight is 332 g/mol. The van der Waals surface area contributed by atoms with Crippen LogP contribution in [0.4, 0.5) is 10.5 Å². The van der Waals surface area contributed by atoms with Crippen LogP contribution in [0.5, 0.6) is 0 Å². The summed E-state index contributed by atoms with van der Waals surface area (Å²) < 4.78 is 2.43. The van der Waals surface area contributed by atoms with Gasteiger partial charge in [0.2, 0.25) is 0 Å². The van der Waals surface area contributed by atoms with Gasteiger partial charge in [-0.3, -0.25) is 0 Å². The average Bonchev–Trinajstić information content (AvgIpc) is 3.27. The van der Waals surface area contributed by atoms with E-state index in [1.54, 1.807) is 12.1 Å². The molecule has 5 heteroatoms. The van der Waals surface area contributed by atoms with Crippen LogP contribution < -0.4 is 10.6 Å². The van der Waals surface area contributed by atoms with Gasteiger partial charge in [0.05, 0.1) is 0 Å². The number of carbonyl (C=O) groups excluding carboxylic acids is 1. The van der Waals surface area contributed by atoms with Crippen LogP contribution in [-0.2, 0) is 6.42 Å². The summed E-state index contributed by atoms with van der Waals surface area (Å²) >= 11 is 5.90. The number of benzene rings is 1. The maximum Gasteiger partial charge on any atom is 0.319 e. The number of nitrogens with one attached hydrogen (secondary N) is 2. The molecule has 1 fully saturated rings. The number of carbonyl (C=O) groups is 1. The summed E-state index contributed by atoms with van der Waals surface area (Å²) in [6.07, 6.45) is 3.42. The highest BCUT2D eigenvalue weighted by Crippen LogP contribution is 2.38. The topological polar surface area (TPSA) is 46.1 Å². The van der Waals surface area contributed by atoms with E-state index in [4.69, 9.17) is 11.6 Å². The Morgan fingerprint density at radius 2 is 2.09 bits per heavy atom. The number of aryl methyl sites for hydroxylation is 1. The molecule has 0 spiro atoms. The van der Waals surface area contributed by atoms with Crippen molar-refractivity contribution in [3.63, 3.8) is 0 Å². The van der Waals surface area contributed by atoms with E-state index in [1.807, 2.05) is 12.1 Å². The van der Waals surface area contributed by atoms with Crippen LogP contribution in [0.25, 0.3) is 0 Å². The molecule has 4 nitrogen and oxygen atoms in total. The molecule has 0 aliphatic heterocycles. The monoisotopic (exact) mass is 331 g/mol. The third kappa shape index (κ3) is 3.88. The van der Waals surface area contributed by atoms with Crippen molar-refractivity contribution < 1.29 is 4.79 Å². The number of hydrogen-bond donors (Lipinski definition) is 2. The molecule has 0 radical (unpaired) electrons. The second kappa shape index (κ2) is 6.67. The Hall–Kier alpha value is -1.94. The number of hydrogen-bond acceptors (Lipinski definition) is 1. The van der Waals surface area contributed by atoms with Gasteiger partial charge in [-0.1, -0.05) is 17.7 Å². The molecule has 1 heterocycles. The molecule has 1 aromatic heterocycles. The number of halogens is 1. The van der Waals surface area contributed by atoms with Crippen molar-refractivity contribution >= 4 is 23.3 Å². The van der Waals surface area contributed by atoms with Crippen molar-refractivity contribution in [3.8, 4) is 0 Å². The van der Waals surface area contributed by atoms with Gasteiger partial charge in [0.15, 0.2) is 0 Å². The standard InChI is InChI=1S/C18H22ClN3O/c1-12-10-14(13(2)22(12)17-6-7-17)8-9-20-18(23)21-16-5-3-4-15(19)11-16/h3-5,10-11,17H,6-9H2,1-2H3,(H2,20,21,23). The second-order valence-electron chi connectivity index (χ2n) is 6.14. The normalized spacial score (nSPS) is 13.9. The molecule has 1 saturated carbocycles. The largest absolute Gasteiger partial charge is 0.346 e. The molecule has 3 rings (SSSR count). The molecule has 122 valence electrons. The van der Waals surface area contributed by atoms with Gasteiger partial charge in [0.1, 0.15) is 0 Å². The van der Waals surface area contributed by atoms with Crippen LogP contribution >= 0.6 is 11.6 Å². The van der Waals surface area contributed by atoms with Crippen molar-refractivity contribution in [1.82, 2.24) is 9.88 Å². The smallest absolute Gasteiger partial charge is 0.319 e. The fourth-order valence-corrected chi connectivity index (χ4v) is 3.24. The molecule has 0 bridgehead atoms. The summed E-state index contributed by atoms with van der Waals surface area (Å²) in [6, 6.07) is 9.86. The first kappa shape index (κ1) is 15.9. The van der Waals surface area contributed by atoms with E-state index in [-0.39, 0.29) is 6.03 Å². The third-order valence-corrected chi connectivity index (χ3v) is 4.50. The zero-order chi connectivity index (χ0) is 16.4. The highest BCUT2D eigenvalue weighted by atomic mass is 35.5. The number of nitrogens with zero attached hydrogens (tertiary/aromatic N) is 1. The van der Waals surface area contributed by atoms with E-state index in [9.17, 15) is 4.79 Å². The van der Waals surface area contributed by atoms with Crippen molar-refractivity contribution in [2.24, 2.45) is 0 Å². The maximum atomic E-state index is 11.9. The Kier molecular flexibility index (Phi) is 4.62. The van der Waals surface area contributed by atoms with Crippen molar-refractivity contribution in [2.45, 2.75) is 39.2 Å². The Labute approximate surface area is 141 Å². The predicted molar refractivity (Wildman–Crippen MR) is 94.4 cm³/mol. The number of urea groups is 1. The van der Waals surface area contributed by atoms with Crippen LogP contribution in [-0.4, -0.2) is 17.1 Å². The summed E-state index contributed by atoms with van der Waals surface area (Å²) in [4.78, 5) is 11.9. The summed E-state index contributed by atoms with van der Waals surface area (Å²) in [7, 11) is 0. The van der Waals surface area contributed by atoms with Gasteiger partial charge in [0, 0.05) is 34.7 Å². The molecule has 23 heavy (non-hydrogen) atoms. The van der Waals surface area contributed by atoms with Gasteiger partial charge in [-0.05, 0) is 62.9 Å². The minimum atomic E-state index is -0.205. The van der Waals surface area contributed by atoms with Crippen LogP contribution in [0.2, 0.25) is 5.02 Å². The third-order valence-electron chi connectivity index (χ3n) is 4.26. The van der Waals surface area contributed by atoms with Crippen molar-refractivity contribution in [1.29, 1.82) is 0 Å². The van der Waals surface area contributed by atoms with Crippen molar-refractivity contribution in [2.75, 3.05) is 11.9 Å². The summed E-state index contributed by atoms with van der Waals surface area (Å²) in [6.45, 7) is 4.95. The SMILES string of the molecule is Cc1cc(CCNC(=O)Nc2cccc(Cl)c2)c(C)n1C1CC1. The van der Waals surface area contributed by atoms with Gasteiger partial charge in [0.25, 0.3) is 0 Å². The molecule has 2 N–H and O–H groups in total. The maximum absolute atomic E-state index is 11.9. The van der Waals surface area contributed by atoms with Crippen LogP contribution in [0.3, 0.4) is 0 Å². The number of rotatable bonds is 5. The Morgan fingerprint density at radius 1 is 1.30 bits per heavy atom. The summed E-state index contributed by atoms with van der Waals surface area (Å²) in [5.74, 6) is 0.